The molecule has 3 rings (SSSR count). The molecule has 0 amide bonds. The molecule has 7 nitrogen and oxygen atoms in total. The number of hydrogen-bond donors (Lipinski definition) is 2. The lowest BCUT2D eigenvalue weighted by atomic mass is 10.2. The quantitative estimate of drug-likeness (QED) is 0.182. The van der Waals surface area contributed by atoms with Crippen molar-refractivity contribution < 1.29 is 14.4 Å². The van der Waals surface area contributed by atoms with Crippen LogP contribution in [0.2, 0.25) is 10.0 Å². The predicted octanol–water partition coefficient (Wildman–Crippen LogP) is 6.08. The van der Waals surface area contributed by atoms with E-state index >= 15 is 0 Å². The second-order valence-corrected chi connectivity index (χ2v) is 8.00. The Morgan fingerprint density at radius 1 is 0.939 bits per heavy atom. The Morgan fingerprint density at radius 3 is 2.33 bits per heavy atom. The summed E-state index contributed by atoms with van der Waals surface area (Å²) in [5.74, 6) is 1.11. The van der Waals surface area contributed by atoms with Crippen LogP contribution >= 0.6 is 23.2 Å². The van der Waals surface area contributed by atoms with E-state index in [0.717, 1.165) is 16.8 Å². The zero-order valence-electron chi connectivity index (χ0n) is 18.1. The number of rotatable bonds is 12. The van der Waals surface area contributed by atoms with Gasteiger partial charge < -0.3 is 20.1 Å². The van der Waals surface area contributed by atoms with Crippen molar-refractivity contribution in [3.63, 3.8) is 0 Å². The summed E-state index contributed by atoms with van der Waals surface area (Å²) in [6.45, 7) is 4.69. The Morgan fingerprint density at radius 2 is 1.67 bits per heavy atom. The number of nitro groups is 1. The Bertz CT molecular complexity index is 1060. The van der Waals surface area contributed by atoms with Gasteiger partial charge in [0, 0.05) is 42.5 Å². The lowest BCUT2D eigenvalue weighted by Gasteiger charge is -2.16. The third kappa shape index (κ3) is 7.53. The van der Waals surface area contributed by atoms with Gasteiger partial charge in [-0.05, 0) is 54.4 Å². The van der Waals surface area contributed by atoms with Crippen molar-refractivity contribution in [1.29, 1.82) is 0 Å². The Kier molecular flexibility index (Phi) is 9.18. The van der Waals surface area contributed by atoms with Crippen LogP contribution in [0.5, 0.6) is 11.5 Å². The number of benzene rings is 3. The van der Waals surface area contributed by atoms with Crippen LogP contribution in [0, 0.1) is 10.1 Å². The minimum Gasteiger partial charge on any atom is -0.490 e. The van der Waals surface area contributed by atoms with E-state index in [1.54, 1.807) is 12.1 Å². The molecule has 0 atom stereocenters. The van der Waals surface area contributed by atoms with Gasteiger partial charge in [-0.15, -0.1) is 0 Å². The molecular formula is C24H25Cl2N3O4. The number of non-ortho nitro benzene ring substituents is 1. The molecule has 0 saturated carbocycles. The summed E-state index contributed by atoms with van der Waals surface area (Å²) in [4.78, 5) is 10.3. The van der Waals surface area contributed by atoms with Crippen LogP contribution in [-0.2, 0) is 13.2 Å². The van der Waals surface area contributed by atoms with Gasteiger partial charge in [-0.25, -0.2) is 0 Å². The first-order valence-electron chi connectivity index (χ1n) is 10.5. The molecule has 0 heterocycles. The van der Waals surface area contributed by atoms with Gasteiger partial charge in [-0.2, -0.15) is 0 Å². The lowest BCUT2D eigenvalue weighted by Crippen LogP contribution is -2.21. The first-order chi connectivity index (χ1) is 16.0. The highest BCUT2D eigenvalue weighted by Gasteiger charge is 2.13. The molecule has 0 aliphatic rings. The summed E-state index contributed by atoms with van der Waals surface area (Å²) < 4.78 is 11.7. The molecule has 0 aliphatic carbocycles. The summed E-state index contributed by atoms with van der Waals surface area (Å²) in [5.41, 5.74) is 2.84. The molecule has 0 aromatic heterocycles. The van der Waals surface area contributed by atoms with E-state index < -0.39 is 4.92 Å². The van der Waals surface area contributed by atoms with Crippen LogP contribution in [-0.4, -0.2) is 24.6 Å². The van der Waals surface area contributed by atoms with Crippen molar-refractivity contribution in [2.24, 2.45) is 0 Å². The van der Waals surface area contributed by atoms with Crippen LogP contribution in [0.15, 0.2) is 60.7 Å². The topological polar surface area (TPSA) is 85.7 Å². The van der Waals surface area contributed by atoms with Gasteiger partial charge in [0.1, 0.15) is 6.61 Å². The molecule has 0 aliphatic heterocycles. The van der Waals surface area contributed by atoms with Crippen molar-refractivity contribution in [2.75, 3.05) is 25.0 Å². The van der Waals surface area contributed by atoms with Crippen molar-refractivity contribution in [1.82, 2.24) is 5.32 Å². The highest BCUT2D eigenvalue weighted by atomic mass is 35.5. The summed E-state index contributed by atoms with van der Waals surface area (Å²) in [6, 6.07) is 17.5. The molecule has 9 heteroatoms. The maximum Gasteiger partial charge on any atom is 0.269 e. The van der Waals surface area contributed by atoms with E-state index in [0.29, 0.717) is 54.4 Å². The minimum atomic E-state index is -0.416. The molecule has 3 aromatic carbocycles. The van der Waals surface area contributed by atoms with E-state index in [-0.39, 0.29) is 5.69 Å². The fourth-order valence-electron chi connectivity index (χ4n) is 3.09. The molecule has 0 bridgehead atoms. The van der Waals surface area contributed by atoms with Gasteiger partial charge in [0.05, 0.1) is 16.6 Å². The van der Waals surface area contributed by atoms with Crippen LogP contribution in [0.3, 0.4) is 0 Å². The van der Waals surface area contributed by atoms with Gasteiger partial charge in [-0.3, -0.25) is 10.1 Å². The lowest BCUT2D eigenvalue weighted by molar-refractivity contribution is -0.384. The maximum atomic E-state index is 10.7. The van der Waals surface area contributed by atoms with E-state index in [9.17, 15) is 10.1 Å². The van der Waals surface area contributed by atoms with Crippen molar-refractivity contribution in [2.45, 2.75) is 20.1 Å². The molecule has 0 saturated heterocycles. The van der Waals surface area contributed by atoms with E-state index in [2.05, 4.69) is 10.6 Å². The van der Waals surface area contributed by atoms with Gasteiger partial charge in [0.25, 0.3) is 5.69 Å². The Labute approximate surface area is 202 Å². The summed E-state index contributed by atoms with van der Waals surface area (Å²) in [6.07, 6.45) is 0. The van der Waals surface area contributed by atoms with Crippen LogP contribution in [0.4, 0.5) is 11.4 Å². The first kappa shape index (κ1) is 24.6. The molecule has 0 unspecified atom stereocenters. The molecule has 0 fully saturated rings. The number of nitro benzene ring substituents is 1. The fourth-order valence-corrected chi connectivity index (χ4v) is 3.51. The Balaban J connectivity index is 1.52. The highest BCUT2D eigenvalue weighted by Crippen LogP contribution is 2.37. The number of halogens is 2. The summed E-state index contributed by atoms with van der Waals surface area (Å²) in [7, 11) is 0. The standard InChI is InChI=1S/C24H25Cl2N3O4/c1-2-32-23-14-18(13-22(26)24(23)33-16-17-3-5-19(25)6-4-17)15-27-11-12-28-20-7-9-21(10-8-20)29(30)31/h3-10,13-14,27-28H,2,11-12,15-16H2,1H3. The predicted molar refractivity (Wildman–Crippen MR) is 132 cm³/mol. The number of ether oxygens (including phenoxy) is 2. The first-order valence-corrected chi connectivity index (χ1v) is 11.2. The zero-order valence-corrected chi connectivity index (χ0v) is 19.7. The second kappa shape index (κ2) is 12.3. The summed E-state index contributed by atoms with van der Waals surface area (Å²) >= 11 is 12.4. The third-order valence-corrected chi connectivity index (χ3v) is 5.24. The number of nitrogens with one attached hydrogen (secondary N) is 2. The monoisotopic (exact) mass is 489 g/mol. The highest BCUT2D eigenvalue weighted by molar-refractivity contribution is 6.32. The van der Waals surface area contributed by atoms with E-state index in [4.69, 9.17) is 32.7 Å². The average molecular weight is 490 g/mol. The molecule has 174 valence electrons. The number of anilines is 1. The zero-order chi connectivity index (χ0) is 23.6. The van der Waals surface area contributed by atoms with Crippen LogP contribution < -0.4 is 20.1 Å². The molecule has 3 aromatic rings. The van der Waals surface area contributed by atoms with Crippen molar-refractivity contribution >= 4 is 34.6 Å². The average Bonchev–Trinajstić information content (AvgIpc) is 2.80. The molecule has 2 N–H and O–H groups in total. The number of nitrogens with zero attached hydrogens (tertiary/aromatic N) is 1. The smallest absolute Gasteiger partial charge is 0.269 e. The SMILES string of the molecule is CCOc1cc(CNCCNc2ccc([N+](=O)[O-])cc2)cc(Cl)c1OCc1ccc(Cl)cc1. The van der Waals surface area contributed by atoms with Crippen LogP contribution in [0.1, 0.15) is 18.1 Å². The molecule has 33 heavy (non-hydrogen) atoms. The van der Waals surface area contributed by atoms with Gasteiger partial charge in [-0.1, -0.05) is 35.3 Å². The third-order valence-electron chi connectivity index (χ3n) is 4.70. The van der Waals surface area contributed by atoms with Crippen LogP contribution in [0.25, 0.3) is 0 Å². The van der Waals surface area contributed by atoms with Gasteiger partial charge >= 0.3 is 0 Å². The fraction of sp³-hybridized carbons (Fsp3) is 0.250. The maximum absolute atomic E-state index is 10.7. The minimum absolute atomic E-state index is 0.0706. The van der Waals surface area contributed by atoms with E-state index in [1.165, 1.54) is 12.1 Å². The van der Waals surface area contributed by atoms with Crippen molar-refractivity contribution in [3.8, 4) is 11.5 Å². The largest absolute Gasteiger partial charge is 0.490 e. The van der Waals surface area contributed by atoms with Gasteiger partial charge in [0.2, 0.25) is 0 Å². The second-order valence-electron chi connectivity index (χ2n) is 7.16. The summed E-state index contributed by atoms with van der Waals surface area (Å²) in [5, 5.41) is 18.4. The normalized spacial score (nSPS) is 10.6. The Hall–Kier alpha value is -3.00. The van der Waals surface area contributed by atoms with Crippen molar-refractivity contribution in [3.05, 3.63) is 92.0 Å². The molecular weight excluding hydrogens is 465 g/mol. The molecule has 0 radical (unpaired) electrons. The van der Waals surface area contributed by atoms with E-state index in [1.807, 2.05) is 43.3 Å². The van der Waals surface area contributed by atoms with Gasteiger partial charge in [0.15, 0.2) is 11.5 Å². The number of hydrogen-bond acceptors (Lipinski definition) is 6. The molecule has 0 spiro atoms.